The zero-order chi connectivity index (χ0) is 9.97. The smallest absolute Gasteiger partial charge is 0.310 e. The van der Waals surface area contributed by atoms with Crippen LogP contribution in [0, 0.1) is 18.9 Å². The van der Waals surface area contributed by atoms with Gasteiger partial charge in [0.25, 0.3) is 0 Å². The topological polar surface area (TPSA) is 37.8 Å². The first-order valence-corrected chi connectivity index (χ1v) is 4.99. The summed E-state index contributed by atoms with van der Waals surface area (Å²) in [5, 5.41) is 3.11. The molecule has 3 nitrogen and oxygen atoms in total. The Morgan fingerprint density at radius 3 is 2.93 bits per heavy atom. The molecule has 1 fully saturated rings. The average molecular weight is 195 g/mol. The van der Waals surface area contributed by atoms with Crippen LogP contribution in [0.3, 0.4) is 0 Å². The minimum Gasteiger partial charge on any atom is -0.370 e. The Balaban J connectivity index is 1.87. The van der Waals surface area contributed by atoms with Gasteiger partial charge in [-0.15, -0.1) is 0 Å². The standard InChI is InChI=1S/C10H14FN3/c1-7-6-9(14-10(11)13-7)12-5-4-8-2-3-8/h6,8H,2-5H2,1H3,(H,12,13,14). The molecule has 1 heterocycles. The highest BCUT2D eigenvalue weighted by Gasteiger charge is 2.20. The quantitative estimate of drug-likeness (QED) is 0.748. The zero-order valence-corrected chi connectivity index (χ0v) is 8.26. The van der Waals surface area contributed by atoms with Gasteiger partial charge in [-0.3, -0.25) is 0 Å². The Hall–Kier alpha value is -1.19. The molecule has 0 radical (unpaired) electrons. The van der Waals surface area contributed by atoms with E-state index in [-0.39, 0.29) is 0 Å². The molecule has 0 spiro atoms. The van der Waals surface area contributed by atoms with Crippen molar-refractivity contribution in [3.05, 3.63) is 17.8 Å². The van der Waals surface area contributed by atoms with E-state index in [0.29, 0.717) is 11.5 Å². The van der Waals surface area contributed by atoms with E-state index in [1.807, 2.05) is 0 Å². The molecule has 2 rings (SSSR count). The second kappa shape index (κ2) is 3.90. The monoisotopic (exact) mass is 195 g/mol. The van der Waals surface area contributed by atoms with Crippen molar-refractivity contribution in [3.63, 3.8) is 0 Å². The van der Waals surface area contributed by atoms with Crippen LogP contribution >= 0.6 is 0 Å². The fourth-order valence-electron chi connectivity index (χ4n) is 1.43. The first-order valence-electron chi connectivity index (χ1n) is 4.99. The molecular formula is C10H14FN3. The number of nitrogens with one attached hydrogen (secondary N) is 1. The van der Waals surface area contributed by atoms with Crippen LogP contribution in [0.25, 0.3) is 0 Å². The summed E-state index contributed by atoms with van der Waals surface area (Å²) in [5.74, 6) is 1.48. The largest absolute Gasteiger partial charge is 0.370 e. The van der Waals surface area contributed by atoms with Crippen molar-refractivity contribution in [2.45, 2.75) is 26.2 Å². The molecule has 1 aromatic rings. The molecule has 0 bridgehead atoms. The summed E-state index contributed by atoms with van der Waals surface area (Å²) in [6.45, 7) is 2.64. The van der Waals surface area contributed by atoms with E-state index in [9.17, 15) is 4.39 Å². The third kappa shape index (κ3) is 2.65. The van der Waals surface area contributed by atoms with E-state index in [0.717, 1.165) is 18.9 Å². The minimum atomic E-state index is -0.654. The predicted octanol–water partition coefficient (Wildman–Crippen LogP) is 2.14. The molecule has 0 unspecified atom stereocenters. The highest BCUT2D eigenvalue weighted by Crippen LogP contribution is 2.31. The van der Waals surface area contributed by atoms with Crippen molar-refractivity contribution in [2.24, 2.45) is 5.92 Å². The molecule has 0 aromatic carbocycles. The molecule has 1 aliphatic carbocycles. The molecule has 0 amide bonds. The van der Waals surface area contributed by atoms with Gasteiger partial charge in [-0.05, 0) is 19.3 Å². The molecule has 1 aliphatic rings. The van der Waals surface area contributed by atoms with Crippen LogP contribution in [-0.2, 0) is 0 Å². The maximum absolute atomic E-state index is 12.8. The van der Waals surface area contributed by atoms with E-state index in [1.165, 1.54) is 12.8 Å². The van der Waals surface area contributed by atoms with Crippen molar-refractivity contribution in [2.75, 3.05) is 11.9 Å². The van der Waals surface area contributed by atoms with E-state index in [4.69, 9.17) is 0 Å². The predicted molar refractivity (Wildman–Crippen MR) is 52.6 cm³/mol. The van der Waals surface area contributed by atoms with Gasteiger partial charge in [-0.1, -0.05) is 12.8 Å². The number of aromatic nitrogens is 2. The van der Waals surface area contributed by atoms with Crippen molar-refractivity contribution < 1.29 is 4.39 Å². The number of hydrogen-bond acceptors (Lipinski definition) is 3. The third-order valence-electron chi connectivity index (χ3n) is 2.38. The van der Waals surface area contributed by atoms with Gasteiger partial charge in [0.1, 0.15) is 5.82 Å². The minimum absolute atomic E-state index is 0.593. The SMILES string of the molecule is Cc1cc(NCCC2CC2)nc(F)n1. The van der Waals surface area contributed by atoms with Gasteiger partial charge < -0.3 is 5.32 Å². The lowest BCUT2D eigenvalue weighted by molar-refractivity contribution is 0.536. The van der Waals surface area contributed by atoms with E-state index >= 15 is 0 Å². The van der Waals surface area contributed by atoms with Gasteiger partial charge in [-0.2, -0.15) is 9.37 Å². The molecule has 0 aliphatic heterocycles. The van der Waals surface area contributed by atoms with Crippen LogP contribution in [-0.4, -0.2) is 16.5 Å². The Morgan fingerprint density at radius 2 is 2.29 bits per heavy atom. The van der Waals surface area contributed by atoms with Crippen LogP contribution < -0.4 is 5.32 Å². The highest BCUT2D eigenvalue weighted by atomic mass is 19.1. The van der Waals surface area contributed by atoms with Gasteiger partial charge >= 0.3 is 6.08 Å². The lowest BCUT2D eigenvalue weighted by Crippen LogP contribution is -2.06. The number of hydrogen-bond donors (Lipinski definition) is 1. The van der Waals surface area contributed by atoms with Crippen molar-refractivity contribution in [1.82, 2.24) is 9.97 Å². The van der Waals surface area contributed by atoms with Gasteiger partial charge in [0.15, 0.2) is 0 Å². The Kier molecular flexibility index (Phi) is 2.61. The zero-order valence-electron chi connectivity index (χ0n) is 8.26. The summed E-state index contributed by atoms with van der Waals surface area (Å²) >= 11 is 0. The number of rotatable bonds is 4. The van der Waals surface area contributed by atoms with Crippen LogP contribution in [0.2, 0.25) is 0 Å². The van der Waals surface area contributed by atoms with Crippen LogP contribution in [0.1, 0.15) is 25.0 Å². The van der Waals surface area contributed by atoms with Crippen LogP contribution in [0.4, 0.5) is 10.2 Å². The fraction of sp³-hybridized carbons (Fsp3) is 0.600. The van der Waals surface area contributed by atoms with Gasteiger partial charge in [-0.25, -0.2) is 4.98 Å². The summed E-state index contributed by atoms with van der Waals surface area (Å²) in [4.78, 5) is 7.23. The molecule has 0 atom stereocenters. The van der Waals surface area contributed by atoms with Gasteiger partial charge in [0.2, 0.25) is 0 Å². The van der Waals surface area contributed by atoms with E-state index in [1.54, 1.807) is 13.0 Å². The summed E-state index contributed by atoms with van der Waals surface area (Å²) in [6, 6.07) is 1.76. The van der Waals surface area contributed by atoms with Crippen molar-refractivity contribution >= 4 is 5.82 Å². The molecule has 1 aromatic heterocycles. The Bertz CT molecular complexity index is 303. The second-order valence-electron chi connectivity index (χ2n) is 3.82. The molecule has 14 heavy (non-hydrogen) atoms. The van der Waals surface area contributed by atoms with E-state index in [2.05, 4.69) is 15.3 Å². The first-order chi connectivity index (χ1) is 6.74. The molecule has 1 N–H and O–H groups in total. The van der Waals surface area contributed by atoms with Crippen LogP contribution in [0.5, 0.6) is 0 Å². The van der Waals surface area contributed by atoms with E-state index < -0.39 is 6.08 Å². The first kappa shape index (κ1) is 9.37. The molecule has 1 saturated carbocycles. The second-order valence-corrected chi connectivity index (χ2v) is 3.82. The Morgan fingerprint density at radius 1 is 1.50 bits per heavy atom. The van der Waals surface area contributed by atoms with Gasteiger partial charge in [0.05, 0.1) is 0 Å². The van der Waals surface area contributed by atoms with Crippen molar-refractivity contribution in [1.29, 1.82) is 0 Å². The number of nitrogens with zero attached hydrogens (tertiary/aromatic N) is 2. The summed E-state index contributed by atoms with van der Waals surface area (Å²) < 4.78 is 12.8. The lowest BCUT2D eigenvalue weighted by Gasteiger charge is -2.04. The fourth-order valence-corrected chi connectivity index (χ4v) is 1.43. The summed E-state index contributed by atoms with van der Waals surface area (Å²) in [5.41, 5.74) is 0.659. The molecule has 76 valence electrons. The number of halogens is 1. The van der Waals surface area contributed by atoms with Gasteiger partial charge in [0, 0.05) is 18.3 Å². The average Bonchev–Trinajstić information content (AvgIpc) is 2.86. The lowest BCUT2D eigenvalue weighted by atomic mass is 10.3. The summed E-state index contributed by atoms with van der Waals surface area (Å²) in [7, 11) is 0. The van der Waals surface area contributed by atoms with Crippen molar-refractivity contribution in [3.8, 4) is 0 Å². The molecule has 4 heteroatoms. The number of aryl methyl sites for hydroxylation is 1. The molecular weight excluding hydrogens is 181 g/mol. The number of anilines is 1. The third-order valence-corrected chi connectivity index (χ3v) is 2.38. The highest BCUT2D eigenvalue weighted by molar-refractivity contribution is 5.34. The van der Waals surface area contributed by atoms with Crippen LogP contribution in [0.15, 0.2) is 6.07 Å². The molecule has 0 saturated heterocycles. The Labute approximate surface area is 82.8 Å². The maximum atomic E-state index is 12.8. The maximum Gasteiger partial charge on any atom is 0.310 e. The normalized spacial score (nSPS) is 15.6. The summed E-state index contributed by atoms with van der Waals surface area (Å²) in [6.07, 6.45) is 3.20.